The summed E-state index contributed by atoms with van der Waals surface area (Å²) in [4.78, 5) is 2.40. The highest BCUT2D eigenvalue weighted by Crippen LogP contribution is 2.44. The molecular formula is C62H40N2O. The van der Waals surface area contributed by atoms with Crippen LogP contribution in [0.3, 0.4) is 0 Å². The molecule has 13 aromatic rings. The van der Waals surface area contributed by atoms with Gasteiger partial charge in [0, 0.05) is 44.2 Å². The van der Waals surface area contributed by atoms with Gasteiger partial charge >= 0.3 is 0 Å². The standard InChI is InChI=1S/C62H40N2O/c1-2-16-50-42(13-1)27-28-45-39-46(33-38-51(45)50)52-17-3-7-22-57(52)63(48-36-31-43(32-37-48)53-21-12-26-61-62(53)56-20-6-10-25-60(56)65-61)47-34-29-41(30-35-47)44-14-11-15-49(40-44)64-58-23-8-4-18-54(58)55-19-5-9-24-59(55)64/h1-40H. The van der Waals surface area contributed by atoms with Crippen LogP contribution in [0.25, 0.3) is 104 Å². The zero-order valence-corrected chi connectivity index (χ0v) is 35.4. The van der Waals surface area contributed by atoms with Crippen molar-refractivity contribution < 1.29 is 4.42 Å². The number of fused-ring (bicyclic) bond motifs is 9. The van der Waals surface area contributed by atoms with E-state index in [9.17, 15) is 0 Å². The summed E-state index contributed by atoms with van der Waals surface area (Å²) in [6.45, 7) is 0. The molecule has 0 fully saturated rings. The Hall–Kier alpha value is -8.66. The van der Waals surface area contributed by atoms with Crippen LogP contribution >= 0.6 is 0 Å². The molecule has 0 bridgehead atoms. The molecule has 3 heteroatoms. The van der Waals surface area contributed by atoms with Gasteiger partial charge in [0.15, 0.2) is 0 Å². The molecule has 11 aromatic carbocycles. The molecule has 65 heavy (non-hydrogen) atoms. The highest BCUT2D eigenvalue weighted by atomic mass is 16.3. The van der Waals surface area contributed by atoms with Gasteiger partial charge in [0.2, 0.25) is 0 Å². The Bertz CT molecular complexity index is 3900. The van der Waals surface area contributed by atoms with Gasteiger partial charge in [0.25, 0.3) is 0 Å². The molecule has 0 N–H and O–H groups in total. The van der Waals surface area contributed by atoms with Gasteiger partial charge in [-0.25, -0.2) is 0 Å². The first-order valence-corrected chi connectivity index (χ1v) is 22.2. The molecule has 0 aliphatic carbocycles. The van der Waals surface area contributed by atoms with Crippen molar-refractivity contribution in [2.24, 2.45) is 0 Å². The van der Waals surface area contributed by atoms with Gasteiger partial charge in [-0.15, -0.1) is 0 Å². The molecule has 0 atom stereocenters. The first kappa shape index (κ1) is 36.9. The molecule has 0 radical (unpaired) electrons. The summed E-state index contributed by atoms with van der Waals surface area (Å²) in [5.41, 5.74) is 15.5. The van der Waals surface area contributed by atoms with Crippen LogP contribution in [0.1, 0.15) is 0 Å². The van der Waals surface area contributed by atoms with Crippen LogP contribution in [-0.4, -0.2) is 4.57 Å². The maximum atomic E-state index is 6.29. The Labute approximate surface area is 376 Å². The minimum absolute atomic E-state index is 0.896. The molecule has 0 aliphatic rings. The summed E-state index contributed by atoms with van der Waals surface area (Å²) in [7, 11) is 0. The minimum atomic E-state index is 0.896. The van der Waals surface area contributed by atoms with E-state index in [0.29, 0.717) is 0 Å². The van der Waals surface area contributed by atoms with Crippen LogP contribution in [0, 0.1) is 0 Å². The molecule has 13 rings (SSSR count). The van der Waals surface area contributed by atoms with Gasteiger partial charge < -0.3 is 13.9 Å². The smallest absolute Gasteiger partial charge is 0.136 e. The summed E-state index contributed by atoms with van der Waals surface area (Å²) < 4.78 is 8.67. The lowest BCUT2D eigenvalue weighted by atomic mass is 9.95. The lowest BCUT2D eigenvalue weighted by Gasteiger charge is -2.28. The zero-order chi connectivity index (χ0) is 42.8. The zero-order valence-electron chi connectivity index (χ0n) is 35.4. The lowest BCUT2D eigenvalue weighted by Crippen LogP contribution is -2.11. The Morgan fingerprint density at radius 2 is 0.892 bits per heavy atom. The van der Waals surface area contributed by atoms with E-state index in [-0.39, 0.29) is 0 Å². The van der Waals surface area contributed by atoms with E-state index < -0.39 is 0 Å². The summed E-state index contributed by atoms with van der Waals surface area (Å²) >= 11 is 0. The Balaban J connectivity index is 0.932. The normalized spacial score (nSPS) is 11.7. The number of rotatable bonds is 7. The molecule has 0 saturated carbocycles. The van der Waals surface area contributed by atoms with Crippen molar-refractivity contribution in [3.63, 3.8) is 0 Å². The lowest BCUT2D eigenvalue weighted by molar-refractivity contribution is 0.669. The maximum Gasteiger partial charge on any atom is 0.136 e. The second-order valence-electron chi connectivity index (χ2n) is 16.9. The summed E-state index contributed by atoms with van der Waals surface area (Å²) in [6.07, 6.45) is 0. The number of nitrogens with zero attached hydrogens (tertiary/aromatic N) is 2. The van der Waals surface area contributed by atoms with Crippen molar-refractivity contribution in [3.05, 3.63) is 243 Å². The molecule has 0 saturated heterocycles. The van der Waals surface area contributed by atoms with Gasteiger partial charge in [0.1, 0.15) is 11.2 Å². The average Bonchev–Trinajstić information content (AvgIpc) is 3.93. The third-order valence-corrected chi connectivity index (χ3v) is 13.2. The predicted octanol–water partition coefficient (Wildman–Crippen LogP) is 17.5. The van der Waals surface area contributed by atoms with Gasteiger partial charge in [-0.1, -0.05) is 170 Å². The SMILES string of the molecule is c1cc(-c2ccc(N(c3ccc(-c4cccc5oc6ccccc6c45)cc3)c3ccccc3-c3ccc4c(ccc5ccccc54)c3)cc2)cc(-n2c3ccccc3c3ccccc32)c1. The molecule has 0 unspecified atom stereocenters. The quantitative estimate of drug-likeness (QED) is 0.149. The Morgan fingerprint density at radius 1 is 0.323 bits per heavy atom. The van der Waals surface area contributed by atoms with Crippen molar-refractivity contribution in [1.82, 2.24) is 4.57 Å². The third kappa shape index (κ3) is 6.12. The molecule has 0 spiro atoms. The van der Waals surface area contributed by atoms with Gasteiger partial charge in [-0.2, -0.15) is 0 Å². The van der Waals surface area contributed by atoms with E-state index in [2.05, 4.69) is 240 Å². The van der Waals surface area contributed by atoms with Crippen molar-refractivity contribution >= 4 is 82.4 Å². The highest BCUT2D eigenvalue weighted by Gasteiger charge is 2.20. The molecule has 3 nitrogen and oxygen atoms in total. The van der Waals surface area contributed by atoms with Crippen LogP contribution in [0.15, 0.2) is 247 Å². The predicted molar refractivity (Wildman–Crippen MR) is 274 cm³/mol. The fraction of sp³-hybridized carbons (Fsp3) is 0. The van der Waals surface area contributed by atoms with Crippen molar-refractivity contribution in [2.45, 2.75) is 0 Å². The number of hydrogen-bond donors (Lipinski definition) is 0. The Morgan fingerprint density at radius 3 is 1.68 bits per heavy atom. The number of aromatic nitrogens is 1. The van der Waals surface area contributed by atoms with Gasteiger partial charge in [-0.05, 0) is 122 Å². The van der Waals surface area contributed by atoms with E-state index >= 15 is 0 Å². The summed E-state index contributed by atoms with van der Waals surface area (Å²) in [5.74, 6) is 0. The van der Waals surface area contributed by atoms with Crippen molar-refractivity contribution in [3.8, 4) is 39.1 Å². The number of hydrogen-bond acceptors (Lipinski definition) is 2. The number of furan rings is 1. The van der Waals surface area contributed by atoms with Crippen molar-refractivity contribution in [2.75, 3.05) is 4.90 Å². The van der Waals surface area contributed by atoms with Crippen LogP contribution in [0.5, 0.6) is 0 Å². The summed E-state index contributed by atoms with van der Waals surface area (Å²) in [5, 5.41) is 9.79. The van der Waals surface area contributed by atoms with E-state index in [1.165, 1.54) is 48.9 Å². The number of benzene rings is 11. The Kier molecular flexibility index (Phi) is 8.53. The molecule has 304 valence electrons. The largest absolute Gasteiger partial charge is 0.456 e. The fourth-order valence-electron chi connectivity index (χ4n) is 10.2. The minimum Gasteiger partial charge on any atom is -0.456 e. The topological polar surface area (TPSA) is 21.3 Å². The van der Waals surface area contributed by atoms with E-state index in [1.54, 1.807) is 0 Å². The maximum absolute atomic E-state index is 6.29. The van der Waals surface area contributed by atoms with E-state index in [1.807, 2.05) is 12.1 Å². The highest BCUT2D eigenvalue weighted by molar-refractivity contribution is 6.13. The second-order valence-corrected chi connectivity index (χ2v) is 16.9. The van der Waals surface area contributed by atoms with Crippen LogP contribution < -0.4 is 4.90 Å². The third-order valence-electron chi connectivity index (χ3n) is 13.2. The van der Waals surface area contributed by atoms with Gasteiger partial charge in [-0.3, -0.25) is 0 Å². The molecule has 0 aliphatic heterocycles. The fourth-order valence-corrected chi connectivity index (χ4v) is 10.2. The first-order chi connectivity index (χ1) is 32.2. The van der Waals surface area contributed by atoms with Crippen molar-refractivity contribution in [1.29, 1.82) is 0 Å². The average molecular weight is 829 g/mol. The number of anilines is 3. The van der Waals surface area contributed by atoms with Crippen LogP contribution in [0.4, 0.5) is 17.1 Å². The van der Waals surface area contributed by atoms with Gasteiger partial charge in [0.05, 0.1) is 16.7 Å². The molecule has 2 aromatic heterocycles. The monoisotopic (exact) mass is 828 g/mol. The van der Waals surface area contributed by atoms with Crippen LogP contribution in [-0.2, 0) is 0 Å². The van der Waals surface area contributed by atoms with E-state index in [0.717, 1.165) is 72.5 Å². The molecule has 0 amide bonds. The number of para-hydroxylation sites is 4. The molecule has 2 heterocycles. The van der Waals surface area contributed by atoms with E-state index in [4.69, 9.17) is 4.42 Å². The molecular weight excluding hydrogens is 789 g/mol. The first-order valence-electron chi connectivity index (χ1n) is 22.2. The van der Waals surface area contributed by atoms with Crippen LogP contribution in [0.2, 0.25) is 0 Å². The second kappa shape index (κ2) is 15.0. The summed E-state index contributed by atoms with van der Waals surface area (Å²) in [6, 6.07) is 87.8.